The molecule has 2 aromatic carbocycles. The normalized spacial score (nSPS) is 10.9. The van der Waals surface area contributed by atoms with Gasteiger partial charge in [-0.3, -0.25) is 24.3 Å². The number of aliphatic imine (C=N–C) groups is 1. The Kier molecular flexibility index (Phi) is 14.0. The van der Waals surface area contributed by atoms with E-state index in [-0.39, 0.29) is 18.9 Å². The summed E-state index contributed by atoms with van der Waals surface area (Å²) in [5.74, 6) is 0.987. The third-order valence-electron chi connectivity index (χ3n) is 6.78. The van der Waals surface area contributed by atoms with Crippen LogP contribution in [0.1, 0.15) is 60.8 Å². The van der Waals surface area contributed by atoms with E-state index in [2.05, 4.69) is 36.9 Å². The molecule has 4 aromatic rings. The second-order valence-corrected chi connectivity index (χ2v) is 9.95. The first-order valence-corrected chi connectivity index (χ1v) is 14.8. The maximum atomic E-state index is 13.4. The van der Waals surface area contributed by atoms with Gasteiger partial charge in [0.15, 0.2) is 0 Å². The van der Waals surface area contributed by atoms with Crippen molar-refractivity contribution in [1.82, 2.24) is 15.0 Å². The summed E-state index contributed by atoms with van der Waals surface area (Å²) in [6.07, 6.45) is 6.30. The number of unbranched alkanes of at least 4 members (excludes halogenated alkanes) is 3. The van der Waals surface area contributed by atoms with Gasteiger partial charge in [-0.25, -0.2) is 9.97 Å². The van der Waals surface area contributed by atoms with Gasteiger partial charge in [-0.05, 0) is 61.0 Å². The van der Waals surface area contributed by atoms with Crippen molar-refractivity contribution >= 4 is 46.7 Å². The number of nitrogens with zero attached hydrogens (tertiary/aromatic N) is 4. The molecular weight excluding hydrogens is 574 g/mol. The lowest BCUT2D eigenvalue weighted by Gasteiger charge is -2.21. The summed E-state index contributed by atoms with van der Waals surface area (Å²) in [6.45, 7) is 3.86. The molecule has 45 heavy (non-hydrogen) atoms. The first kappa shape index (κ1) is 34.2. The minimum Gasteiger partial charge on any atom is -0.469 e. The maximum absolute atomic E-state index is 13.4. The van der Waals surface area contributed by atoms with E-state index in [1.165, 1.54) is 31.3 Å². The Bertz CT molecular complexity index is 1540. The highest BCUT2D eigenvalue weighted by atomic mass is 16.5. The Labute approximate surface area is 263 Å². The van der Waals surface area contributed by atoms with Gasteiger partial charge in [0.2, 0.25) is 0 Å². The lowest BCUT2D eigenvalue weighted by molar-refractivity contribution is -0.140. The number of amides is 1. The lowest BCUT2D eigenvalue weighted by atomic mass is 10.1. The van der Waals surface area contributed by atoms with Gasteiger partial charge in [-0.15, -0.1) is 0 Å². The summed E-state index contributed by atoms with van der Waals surface area (Å²) in [6, 6.07) is 18.2. The van der Waals surface area contributed by atoms with Crippen molar-refractivity contribution in [2.75, 3.05) is 37.5 Å². The van der Waals surface area contributed by atoms with Crippen molar-refractivity contribution in [1.29, 1.82) is 0 Å². The monoisotopic (exact) mass is 615 g/mol. The number of hydrogen-bond donors (Lipinski definition) is 3. The number of esters is 1. The summed E-state index contributed by atoms with van der Waals surface area (Å²) >= 11 is 0. The molecule has 0 aliphatic heterocycles. The van der Waals surface area contributed by atoms with Crippen molar-refractivity contribution in [3.05, 3.63) is 83.8 Å². The van der Waals surface area contributed by atoms with Crippen LogP contribution in [0.5, 0.6) is 0 Å². The number of hydrogen-bond acceptors (Lipinski definition) is 9. The zero-order chi connectivity index (χ0) is 32.4. The van der Waals surface area contributed by atoms with Crippen LogP contribution in [0.25, 0.3) is 11.0 Å². The van der Waals surface area contributed by atoms with Crippen LogP contribution in [0, 0.1) is 0 Å². The van der Waals surface area contributed by atoms with Crippen LogP contribution < -0.4 is 16.0 Å². The number of amidine groups is 1. The second kappa shape index (κ2) is 18.4. The van der Waals surface area contributed by atoms with Gasteiger partial charge < -0.3 is 25.5 Å². The molecule has 0 aliphatic rings. The Morgan fingerprint density at radius 2 is 1.84 bits per heavy atom. The number of fused-ring (bicyclic) bond motifs is 1. The number of imidazole rings is 1. The molecule has 1 amide bonds. The summed E-state index contributed by atoms with van der Waals surface area (Å²) in [4.78, 5) is 52.3. The molecule has 0 atom stereocenters. The standard InChI is InChI=1S/C26H27N7O3.C7H14O2/c1-28-25(27)17-6-9-19(10-7-17)30-16-22-31-20-11-8-18(15-21(20)32-22)26(35)33(14-12-24(34)36-2)23-5-3-4-13-29-23;1-2-3-4-5-6-9-7-8/h3-11,13,15,30H,12,14,16H2,1-2H3,(H2,27,28)(H,31,32);7H,2-6H2,1H3. The number of aromatic amines is 1. The van der Waals surface area contributed by atoms with Crippen LogP contribution in [0.2, 0.25) is 0 Å². The molecule has 238 valence electrons. The molecule has 0 bridgehead atoms. The second-order valence-electron chi connectivity index (χ2n) is 9.95. The van der Waals surface area contributed by atoms with E-state index < -0.39 is 5.97 Å². The predicted octanol–water partition coefficient (Wildman–Crippen LogP) is 4.85. The largest absolute Gasteiger partial charge is 0.469 e. The lowest BCUT2D eigenvalue weighted by Crippen LogP contribution is -2.33. The minimum absolute atomic E-state index is 0.0553. The van der Waals surface area contributed by atoms with Crippen molar-refractivity contribution in [3.63, 3.8) is 0 Å². The number of methoxy groups -OCH3 is 1. The average Bonchev–Trinajstić information content (AvgIpc) is 3.50. The molecular formula is C33H41N7O5. The van der Waals surface area contributed by atoms with Crippen LogP contribution in [0.4, 0.5) is 11.5 Å². The van der Waals surface area contributed by atoms with Crippen molar-refractivity contribution in [2.24, 2.45) is 10.7 Å². The SMILES string of the molecule is CCCCCCOC=O.CN=C(N)c1ccc(NCc2nc3ccc(C(=O)N(CCC(=O)OC)c4ccccn4)cc3[nH]2)cc1. The fourth-order valence-corrected chi connectivity index (χ4v) is 4.31. The highest BCUT2D eigenvalue weighted by Crippen LogP contribution is 2.20. The molecule has 0 spiro atoms. The Balaban J connectivity index is 0.000000535. The Morgan fingerprint density at radius 3 is 2.51 bits per heavy atom. The molecule has 0 unspecified atom stereocenters. The van der Waals surface area contributed by atoms with Gasteiger partial charge >= 0.3 is 5.97 Å². The smallest absolute Gasteiger partial charge is 0.307 e. The summed E-state index contributed by atoms with van der Waals surface area (Å²) in [5.41, 5.74) is 9.53. The average molecular weight is 616 g/mol. The summed E-state index contributed by atoms with van der Waals surface area (Å²) < 4.78 is 9.23. The van der Waals surface area contributed by atoms with Crippen LogP contribution in [0.3, 0.4) is 0 Å². The number of nitrogens with two attached hydrogens (primary N) is 1. The Hall–Kier alpha value is -5.26. The van der Waals surface area contributed by atoms with E-state index in [1.54, 1.807) is 49.6 Å². The van der Waals surface area contributed by atoms with Gasteiger partial charge in [0.25, 0.3) is 12.4 Å². The van der Waals surface area contributed by atoms with E-state index >= 15 is 0 Å². The van der Waals surface area contributed by atoms with Crippen molar-refractivity contribution in [3.8, 4) is 0 Å². The number of rotatable bonds is 15. The number of ether oxygens (including phenoxy) is 2. The molecule has 12 heteroatoms. The zero-order valence-corrected chi connectivity index (χ0v) is 26.0. The van der Waals surface area contributed by atoms with Gasteiger partial charge in [0.05, 0.1) is 37.7 Å². The third kappa shape index (κ3) is 10.8. The van der Waals surface area contributed by atoms with Gasteiger partial charge in [-0.2, -0.15) is 0 Å². The van der Waals surface area contributed by atoms with Crippen molar-refractivity contribution < 1.29 is 23.9 Å². The highest BCUT2D eigenvalue weighted by molar-refractivity contribution is 6.07. The molecule has 0 aliphatic carbocycles. The number of aromatic nitrogens is 3. The number of anilines is 2. The Morgan fingerprint density at radius 1 is 1.07 bits per heavy atom. The van der Waals surface area contributed by atoms with Crippen molar-refractivity contribution in [2.45, 2.75) is 45.6 Å². The van der Waals surface area contributed by atoms with Crippen LogP contribution in [0.15, 0.2) is 71.9 Å². The molecule has 0 radical (unpaired) electrons. The molecule has 0 fully saturated rings. The summed E-state index contributed by atoms with van der Waals surface area (Å²) in [5, 5.41) is 3.31. The van der Waals surface area contributed by atoms with Crippen LogP contribution in [-0.2, 0) is 25.6 Å². The minimum atomic E-state index is -0.401. The fourth-order valence-electron chi connectivity index (χ4n) is 4.31. The zero-order valence-electron chi connectivity index (χ0n) is 26.0. The fraction of sp³-hybridized carbons (Fsp3) is 0.333. The molecule has 2 heterocycles. The third-order valence-corrected chi connectivity index (χ3v) is 6.78. The molecule has 4 N–H and O–H groups in total. The first-order valence-electron chi connectivity index (χ1n) is 14.8. The van der Waals surface area contributed by atoms with E-state index in [0.29, 0.717) is 36.8 Å². The number of H-pyrrole nitrogens is 1. The number of carbonyl (C=O) groups is 3. The molecule has 2 aromatic heterocycles. The van der Waals surface area contributed by atoms with Gasteiger partial charge in [0, 0.05) is 36.6 Å². The molecule has 12 nitrogen and oxygen atoms in total. The number of carbonyl (C=O) groups excluding carboxylic acids is 3. The van der Waals surface area contributed by atoms with E-state index in [9.17, 15) is 14.4 Å². The predicted molar refractivity (Wildman–Crippen MR) is 175 cm³/mol. The molecule has 4 rings (SSSR count). The van der Waals surface area contributed by atoms with Crippen LogP contribution in [-0.4, -0.2) is 66.4 Å². The molecule has 0 saturated heterocycles. The van der Waals surface area contributed by atoms with E-state index in [1.807, 2.05) is 24.3 Å². The topological polar surface area (TPSA) is 165 Å². The molecule has 0 saturated carbocycles. The van der Waals surface area contributed by atoms with Gasteiger partial charge in [-0.1, -0.05) is 32.3 Å². The van der Waals surface area contributed by atoms with E-state index in [0.717, 1.165) is 34.5 Å². The van der Waals surface area contributed by atoms with Crippen LogP contribution >= 0.6 is 0 Å². The number of nitrogens with one attached hydrogen (secondary N) is 2. The number of pyridine rings is 1. The summed E-state index contributed by atoms with van der Waals surface area (Å²) in [7, 11) is 2.97. The quantitative estimate of drug-likeness (QED) is 0.0557. The van der Waals surface area contributed by atoms with E-state index in [4.69, 9.17) is 10.5 Å². The number of benzene rings is 2. The van der Waals surface area contributed by atoms with Gasteiger partial charge in [0.1, 0.15) is 17.5 Å². The first-order chi connectivity index (χ1) is 21.9. The highest BCUT2D eigenvalue weighted by Gasteiger charge is 2.21. The maximum Gasteiger partial charge on any atom is 0.307 e.